The van der Waals surface area contributed by atoms with E-state index in [1.165, 1.54) is 4.88 Å². The Morgan fingerprint density at radius 2 is 2.33 bits per heavy atom. The Labute approximate surface area is 146 Å². The number of nitrogens with one attached hydrogen (secondary N) is 1. The van der Waals surface area contributed by atoms with E-state index in [2.05, 4.69) is 32.7 Å². The van der Waals surface area contributed by atoms with Gasteiger partial charge in [-0.3, -0.25) is 9.69 Å². The van der Waals surface area contributed by atoms with Gasteiger partial charge in [-0.05, 0) is 30.0 Å². The second kappa shape index (κ2) is 8.37. The van der Waals surface area contributed by atoms with Crippen LogP contribution in [0.1, 0.15) is 21.1 Å². The van der Waals surface area contributed by atoms with Crippen LogP contribution in [0.4, 0.5) is 0 Å². The number of pyridine rings is 1. The highest BCUT2D eigenvalue weighted by atomic mass is 32.1. The van der Waals surface area contributed by atoms with Gasteiger partial charge in [0.25, 0.3) is 5.91 Å². The Kier molecular flexibility index (Phi) is 5.96. The average molecular weight is 345 g/mol. The molecule has 1 aliphatic rings. The Bertz CT molecular complexity index is 660. The molecular formula is C18H23N3O2S. The molecule has 3 rings (SSSR count). The molecule has 24 heavy (non-hydrogen) atoms. The smallest absolute Gasteiger partial charge is 0.269 e. The van der Waals surface area contributed by atoms with Crippen molar-refractivity contribution in [3.05, 3.63) is 52.0 Å². The molecule has 0 aromatic carbocycles. The van der Waals surface area contributed by atoms with Gasteiger partial charge in [-0.2, -0.15) is 0 Å². The standard InChI is InChI=1S/C18H23N3O2S/c1-19-18(22)17-6-2-4-15(20-17)10-14-11-21(7-8-23-13-14)12-16-5-3-9-24-16/h2-6,9,14H,7-8,10-13H2,1H3,(H,19,22)/t14-/m0/s1. The van der Waals surface area contributed by atoms with Crippen LogP contribution in [-0.2, 0) is 17.7 Å². The number of carbonyl (C=O) groups is 1. The third-order valence-corrected chi connectivity index (χ3v) is 5.01. The second-order valence-electron chi connectivity index (χ2n) is 6.05. The van der Waals surface area contributed by atoms with Gasteiger partial charge >= 0.3 is 0 Å². The topological polar surface area (TPSA) is 54.5 Å². The third-order valence-electron chi connectivity index (χ3n) is 4.15. The van der Waals surface area contributed by atoms with E-state index >= 15 is 0 Å². The maximum Gasteiger partial charge on any atom is 0.269 e. The molecular weight excluding hydrogens is 322 g/mol. The molecule has 1 amide bonds. The predicted octanol–water partition coefficient (Wildman–Crippen LogP) is 2.19. The van der Waals surface area contributed by atoms with Gasteiger partial charge in [-0.1, -0.05) is 12.1 Å². The minimum absolute atomic E-state index is 0.145. The van der Waals surface area contributed by atoms with E-state index in [1.54, 1.807) is 24.5 Å². The first-order valence-electron chi connectivity index (χ1n) is 8.25. The van der Waals surface area contributed by atoms with Crippen molar-refractivity contribution in [2.24, 2.45) is 5.92 Å². The number of rotatable bonds is 5. The van der Waals surface area contributed by atoms with Crippen LogP contribution in [0.15, 0.2) is 35.7 Å². The van der Waals surface area contributed by atoms with Crippen molar-refractivity contribution in [2.45, 2.75) is 13.0 Å². The molecule has 0 spiro atoms. The Balaban J connectivity index is 1.64. The van der Waals surface area contributed by atoms with Gasteiger partial charge in [-0.25, -0.2) is 4.98 Å². The van der Waals surface area contributed by atoms with Gasteiger partial charge in [-0.15, -0.1) is 11.3 Å². The van der Waals surface area contributed by atoms with Crippen molar-refractivity contribution in [3.63, 3.8) is 0 Å². The molecule has 2 aromatic rings. The minimum Gasteiger partial charge on any atom is -0.380 e. The fourth-order valence-corrected chi connectivity index (χ4v) is 3.73. The highest BCUT2D eigenvalue weighted by Crippen LogP contribution is 2.17. The van der Waals surface area contributed by atoms with Crippen molar-refractivity contribution in [3.8, 4) is 0 Å². The molecule has 3 heterocycles. The number of thiophene rings is 1. The van der Waals surface area contributed by atoms with Crippen LogP contribution < -0.4 is 5.32 Å². The summed E-state index contributed by atoms with van der Waals surface area (Å²) in [4.78, 5) is 20.1. The number of nitrogens with zero attached hydrogens (tertiary/aromatic N) is 2. The van der Waals surface area contributed by atoms with Crippen molar-refractivity contribution in [1.29, 1.82) is 0 Å². The lowest BCUT2D eigenvalue weighted by Gasteiger charge is -2.22. The fraction of sp³-hybridized carbons (Fsp3) is 0.444. The molecule has 1 aliphatic heterocycles. The molecule has 1 N–H and O–H groups in total. The van der Waals surface area contributed by atoms with Crippen molar-refractivity contribution < 1.29 is 9.53 Å². The number of amides is 1. The predicted molar refractivity (Wildman–Crippen MR) is 95.2 cm³/mol. The van der Waals surface area contributed by atoms with Crippen molar-refractivity contribution in [2.75, 3.05) is 33.4 Å². The van der Waals surface area contributed by atoms with Crippen molar-refractivity contribution >= 4 is 17.2 Å². The molecule has 2 aromatic heterocycles. The minimum atomic E-state index is -0.145. The van der Waals surface area contributed by atoms with Crippen LogP contribution in [0, 0.1) is 5.92 Å². The lowest BCUT2D eigenvalue weighted by Crippen LogP contribution is -2.30. The SMILES string of the molecule is CNC(=O)c1cccc(C[C@@H]2COCCN(Cc3cccs3)C2)n1. The monoisotopic (exact) mass is 345 g/mol. The van der Waals surface area contributed by atoms with Gasteiger partial charge in [0.05, 0.1) is 13.2 Å². The van der Waals surface area contributed by atoms with Crippen LogP contribution in [0.5, 0.6) is 0 Å². The molecule has 1 saturated heterocycles. The normalized spacial score (nSPS) is 19.0. The summed E-state index contributed by atoms with van der Waals surface area (Å²) in [6, 6.07) is 9.91. The number of hydrogen-bond donors (Lipinski definition) is 1. The summed E-state index contributed by atoms with van der Waals surface area (Å²) in [6.07, 6.45) is 0.825. The molecule has 0 saturated carbocycles. The fourth-order valence-electron chi connectivity index (χ4n) is 2.99. The van der Waals surface area contributed by atoms with Gasteiger partial charge in [0.2, 0.25) is 0 Å². The first-order chi connectivity index (χ1) is 11.7. The number of hydrogen-bond acceptors (Lipinski definition) is 5. The molecule has 0 aliphatic carbocycles. The zero-order valence-corrected chi connectivity index (χ0v) is 14.7. The number of ether oxygens (including phenoxy) is 1. The average Bonchev–Trinajstić information content (AvgIpc) is 3.01. The Hall–Kier alpha value is -1.76. The van der Waals surface area contributed by atoms with Crippen LogP contribution in [-0.4, -0.2) is 49.1 Å². The summed E-state index contributed by atoms with van der Waals surface area (Å²) in [5.74, 6) is 0.244. The maximum atomic E-state index is 11.7. The molecule has 5 nitrogen and oxygen atoms in total. The summed E-state index contributed by atoms with van der Waals surface area (Å²) < 4.78 is 5.78. The zero-order valence-electron chi connectivity index (χ0n) is 13.9. The molecule has 0 radical (unpaired) electrons. The van der Waals surface area contributed by atoms with Crippen molar-refractivity contribution in [1.82, 2.24) is 15.2 Å². The first kappa shape index (κ1) is 17.1. The largest absolute Gasteiger partial charge is 0.380 e. The van der Waals surface area contributed by atoms with E-state index in [0.717, 1.165) is 45.0 Å². The molecule has 0 bridgehead atoms. The highest BCUT2D eigenvalue weighted by molar-refractivity contribution is 7.09. The second-order valence-corrected chi connectivity index (χ2v) is 7.09. The Morgan fingerprint density at radius 3 is 3.12 bits per heavy atom. The van der Waals surface area contributed by atoms with Gasteiger partial charge < -0.3 is 10.1 Å². The lowest BCUT2D eigenvalue weighted by atomic mass is 10.0. The van der Waals surface area contributed by atoms with E-state index in [0.29, 0.717) is 11.6 Å². The lowest BCUT2D eigenvalue weighted by molar-refractivity contribution is 0.0957. The summed E-state index contributed by atoms with van der Waals surface area (Å²) in [5, 5.41) is 4.74. The Morgan fingerprint density at radius 1 is 1.42 bits per heavy atom. The first-order valence-corrected chi connectivity index (χ1v) is 9.13. The summed E-state index contributed by atoms with van der Waals surface area (Å²) in [7, 11) is 1.62. The molecule has 6 heteroatoms. The van der Waals surface area contributed by atoms with E-state index in [1.807, 2.05) is 12.1 Å². The molecule has 128 valence electrons. The van der Waals surface area contributed by atoms with E-state index in [-0.39, 0.29) is 5.91 Å². The number of aromatic nitrogens is 1. The molecule has 0 unspecified atom stereocenters. The third kappa shape index (κ3) is 4.63. The highest BCUT2D eigenvalue weighted by Gasteiger charge is 2.20. The van der Waals surface area contributed by atoms with Crippen LogP contribution >= 0.6 is 11.3 Å². The van der Waals surface area contributed by atoms with Crippen LogP contribution in [0.3, 0.4) is 0 Å². The van der Waals surface area contributed by atoms with E-state index in [9.17, 15) is 4.79 Å². The van der Waals surface area contributed by atoms with Crippen LogP contribution in [0.2, 0.25) is 0 Å². The maximum absolute atomic E-state index is 11.7. The van der Waals surface area contributed by atoms with E-state index in [4.69, 9.17) is 4.74 Å². The van der Waals surface area contributed by atoms with Gasteiger partial charge in [0, 0.05) is 43.2 Å². The summed E-state index contributed by atoms with van der Waals surface area (Å²) in [6.45, 7) is 4.44. The zero-order chi connectivity index (χ0) is 16.8. The van der Waals surface area contributed by atoms with Gasteiger partial charge in [0.1, 0.15) is 5.69 Å². The van der Waals surface area contributed by atoms with Crippen LogP contribution in [0.25, 0.3) is 0 Å². The quantitative estimate of drug-likeness (QED) is 0.903. The molecule has 1 atom stereocenters. The van der Waals surface area contributed by atoms with Gasteiger partial charge in [0.15, 0.2) is 0 Å². The molecule has 1 fully saturated rings. The summed E-state index contributed by atoms with van der Waals surface area (Å²) in [5.41, 5.74) is 1.42. The number of carbonyl (C=O) groups excluding carboxylic acids is 1. The van der Waals surface area contributed by atoms with E-state index < -0.39 is 0 Å². The summed E-state index contributed by atoms with van der Waals surface area (Å²) >= 11 is 1.80.